The Labute approximate surface area is 87.9 Å². The monoisotopic (exact) mass is 227 g/mol. The molecule has 1 aromatic heterocycles. The second-order valence-corrected chi connectivity index (χ2v) is 4.05. The van der Waals surface area contributed by atoms with Gasteiger partial charge in [-0.15, -0.1) is 11.3 Å². The zero-order valence-corrected chi connectivity index (χ0v) is 8.16. The Morgan fingerprint density at radius 2 is 2.27 bits per heavy atom. The quantitative estimate of drug-likeness (QED) is 0.538. The van der Waals surface area contributed by atoms with Crippen molar-refractivity contribution in [3.8, 4) is 0 Å². The summed E-state index contributed by atoms with van der Waals surface area (Å²) in [5, 5.41) is 10.2. The molecular weight excluding hydrogens is 225 g/mol. The maximum atomic E-state index is 10.2. The minimum atomic E-state index is -1.23. The molecule has 2 N–H and O–H groups in total. The molecule has 0 saturated carbocycles. The first kappa shape index (κ1) is 11.0. The molecule has 1 heterocycles. The van der Waals surface area contributed by atoms with Crippen molar-refractivity contribution < 1.29 is 28.8 Å². The smallest absolute Gasteiger partial charge is 0.544 e. The zero-order valence-electron chi connectivity index (χ0n) is 5.76. The molecule has 0 aliphatic heterocycles. The van der Waals surface area contributed by atoms with Crippen molar-refractivity contribution in [1.82, 2.24) is 0 Å². The number of hydrogen-bond donors (Lipinski definition) is 1. The van der Waals surface area contributed by atoms with E-state index in [0.717, 1.165) is 11.3 Å². The second-order valence-electron chi connectivity index (χ2n) is 1.62. The largest absolute Gasteiger partial charge is 1.00 e. The van der Waals surface area contributed by atoms with Crippen LogP contribution in [0.15, 0.2) is 9.85 Å². The fourth-order valence-electron chi connectivity index (χ4n) is 0.533. The van der Waals surface area contributed by atoms with Gasteiger partial charge < -0.3 is 15.6 Å². The minimum absolute atomic E-state index is 0. The van der Waals surface area contributed by atoms with Gasteiger partial charge in [-0.1, -0.05) is 0 Å². The molecule has 11 heavy (non-hydrogen) atoms. The van der Waals surface area contributed by atoms with Gasteiger partial charge in [-0.05, 0) is 22.0 Å². The Hall–Kier alpha value is 0.0474. The van der Waals surface area contributed by atoms with Gasteiger partial charge in [0.05, 0.1) is 20.3 Å². The van der Waals surface area contributed by atoms with Gasteiger partial charge in [0, 0.05) is 0 Å². The normalized spacial score (nSPS) is 8.82. The topological polar surface area (TPSA) is 66.2 Å². The molecular formula is C5H3BrLiNO2S. The van der Waals surface area contributed by atoms with E-state index in [9.17, 15) is 9.90 Å². The number of carboxylic acid groups (broad SMARTS) is 1. The molecule has 1 aromatic rings. The van der Waals surface area contributed by atoms with Gasteiger partial charge in [-0.3, -0.25) is 0 Å². The molecule has 0 unspecified atom stereocenters. The van der Waals surface area contributed by atoms with Crippen molar-refractivity contribution in [3.05, 3.63) is 14.7 Å². The standard InChI is InChI=1S/C5H4BrNO2S.Li/c6-3-1-2(7)4(10-3)5(8)9;/h1H,7H2,(H,8,9);/q;+1/p-1. The molecule has 0 spiro atoms. The summed E-state index contributed by atoms with van der Waals surface area (Å²) in [4.78, 5) is 10.3. The van der Waals surface area contributed by atoms with E-state index >= 15 is 0 Å². The molecule has 0 aliphatic carbocycles. The summed E-state index contributed by atoms with van der Waals surface area (Å²) in [7, 11) is 0. The van der Waals surface area contributed by atoms with Crippen LogP contribution in [0.1, 0.15) is 9.67 Å². The number of nitrogen functional groups attached to an aromatic ring is 1. The number of thiophene rings is 1. The summed E-state index contributed by atoms with van der Waals surface area (Å²) in [5.41, 5.74) is 5.55. The van der Waals surface area contributed by atoms with Crippen LogP contribution in [0.4, 0.5) is 5.69 Å². The van der Waals surface area contributed by atoms with Crippen LogP contribution in [-0.2, 0) is 0 Å². The van der Waals surface area contributed by atoms with Crippen LogP contribution in [0.3, 0.4) is 0 Å². The van der Waals surface area contributed by atoms with Gasteiger partial charge in [0.15, 0.2) is 0 Å². The molecule has 0 bridgehead atoms. The molecule has 6 heteroatoms. The number of carbonyl (C=O) groups excluding carboxylic acids is 1. The number of anilines is 1. The SMILES string of the molecule is Nc1cc(Br)sc1C(=O)[O-].[Li+]. The van der Waals surface area contributed by atoms with Gasteiger partial charge in [-0.2, -0.15) is 0 Å². The third-order valence-electron chi connectivity index (χ3n) is 0.916. The molecule has 0 aromatic carbocycles. The van der Waals surface area contributed by atoms with E-state index in [2.05, 4.69) is 15.9 Å². The van der Waals surface area contributed by atoms with Crippen molar-refractivity contribution in [3.63, 3.8) is 0 Å². The summed E-state index contributed by atoms with van der Waals surface area (Å²) in [6.07, 6.45) is 0. The van der Waals surface area contributed by atoms with Crippen molar-refractivity contribution in [2.75, 3.05) is 5.73 Å². The van der Waals surface area contributed by atoms with Gasteiger partial charge in [0.25, 0.3) is 0 Å². The Morgan fingerprint density at radius 3 is 2.45 bits per heavy atom. The van der Waals surface area contributed by atoms with E-state index in [4.69, 9.17) is 5.73 Å². The van der Waals surface area contributed by atoms with Crippen LogP contribution in [0, 0.1) is 0 Å². The fourth-order valence-corrected chi connectivity index (χ4v) is 1.91. The second kappa shape index (κ2) is 4.17. The summed E-state index contributed by atoms with van der Waals surface area (Å²) >= 11 is 4.15. The summed E-state index contributed by atoms with van der Waals surface area (Å²) in [5.74, 6) is -1.23. The molecule has 0 fully saturated rings. The van der Waals surface area contributed by atoms with Crippen molar-refractivity contribution in [1.29, 1.82) is 0 Å². The Morgan fingerprint density at radius 1 is 1.73 bits per heavy atom. The summed E-state index contributed by atoms with van der Waals surface area (Å²) in [6, 6.07) is 1.54. The predicted octanol–water partition coefficient (Wildman–Crippen LogP) is -2.54. The average Bonchev–Trinajstić information content (AvgIpc) is 2.10. The fraction of sp³-hybridized carbons (Fsp3) is 0. The maximum absolute atomic E-state index is 10.2. The van der Waals surface area contributed by atoms with E-state index in [0.29, 0.717) is 3.79 Å². The molecule has 0 atom stereocenters. The van der Waals surface area contributed by atoms with Crippen LogP contribution in [0.2, 0.25) is 0 Å². The van der Waals surface area contributed by atoms with Crippen LogP contribution >= 0.6 is 27.3 Å². The maximum Gasteiger partial charge on any atom is 1.00 e. The third kappa shape index (κ3) is 2.53. The number of carboxylic acids is 1. The first-order valence-corrected chi connectivity index (χ1v) is 3.98. The van der Waals surface area contributed by atoms with E-state index in [1.165, 1.54) is 6.07 Å². The minimum Gasteiger partial charge on any atom is -0.544 e. The average molecular weight is 228 g/mol. The van der Waals surface area contributed by atoms with Crippen molar-refractivity contribution in [2.24, 2.45) is 0 Å². The zero-order chi connectivity index (χ0) is 7.72. The van der Waals surface area contributed by atoms with E-state index in [1.807, 2.05) is 0 Å². The van der Waals surface area contributed by atoms with E-state index in [-0.39, 0.29) is 29.4 Å². The van der Waals surface area contributed by atoms with Crippen molar-refractivity contribution in [2.45, 2.75) is 0 Å². The van der Waals surface area contributed by atoms with Crippen LogP contribution < -0.4 is 29.7 Å². The van der Waals surface area contributed by atoms with Crippen LogP contribution in [0.25, 0.3) is 0 Å². The van der Waals surface area contributed by atoms with Gasteiger partial charge in [-0.25, -0.2) is 0 Å². The van der Waals surface area contributed by atoms with Gasteiger partial charge >= 0.3 is 18.9 Å². The third-order valence-corrected chi connectivity index (χ3v) is 2.55. The number of carbonyl (C=O) groups is 1. The number of hydrogen-bond acceptors (Lipinski definition) is 4. The molecule has 0 aliphatic rings. The first-order valence-electron chi connectivity index (χ1n) is 2.37. The van der Waals surface area contributed by atoms with E-state index < -0.39 is 5.97 Å². The number of aromatic carboxylic acids is 1. The van der Waals surface area contributed by atoms with Gasteiger partial charge in [0.1, 0.15) is 0 Å². The molecule has 0 radical (unpaired) electrons. The molecule has 0 amide bonds. The predicted molar refractivity (Wildman–Crippen MR) is 40.8 cm³/mol. The van der Waals surface area contributed by atoms with Gasteiger partial charge in [0.2, 0.25) is 0 Å². The van der Waals surface area contributed by atoms with Crippen LogP contribution in [-0.4, -0.2) is 5.97 Å². The Bertz CT molecular complexity index is 275. The Kier molecular flexibility index (Phi) is 4.19. The number of nitrogens with two attached hydrogens (primary N) is 1. The van der Waals surface area contributed by atoms with Crippen molar-refractivity contribution >= 4 is 38.9 Å². The molecule has 0 saturated heterocycles. The first-order chi connectivity index (χ1) is 4.61. The Balaban J connectivity index is 0.000001000. The molecule has 1 rings (SSSR count). The summed E-state index contributed by atoms with van der Waals surface area (Å²) in [6.45, 7) is 0. The van der Waals surface area contributed by atoms with Crippen LogP contribution in [0.5, 0.6) is 0 Å². The van der Waals surface area contributed by atoms with E-state index in [1.54, 1.807) is 0 Å². The molecule has 3 nitrogen and oxygen atoms in total. The summed E-state index contributed by atoms with van der Waals surface area (Å²) < 4.78 is 0.698. The number of halogens is 1. The number of rotatable bonds is 1. The molecule has 54 valence electrons.